The maximum atomic E-state index is 8.75. The van der Waals surface area contributed by atoms with Crippen LogP contribution in [0, 0.1) is 0 Å². The zero-order valence-electron chi connectivity index (χ0n) is 12.2. The predicted octanol–water partition coefficient (Wildman–Crippen LogP) is 1.06. The number of nitrogens with one attached hydrogen (secondary N) is 2. The lowest BCUT2D eigenvalue weighted by Crippen LogP contribution is -2.12. The molecule has 2 rings (SSSR count). The summed E-state index contributed by atoms with van der Waals surface area (Å²) in [6, 6.07) is 0. The molecule has 0 atom stereocenters. The number of anilines is 2. The SMILES string of the molecule is CCNc1nc(NCCCCCO)nc(-n2ccnc2)n1. The van der Waals surface area contributed by atoms with Gasteiger partial charge in [-0.1, -0.05) is 0 Å². The maximum Gasteiger partial charge on any atom is 0.241 e. The van der Waals surface area contributed by atoms with Crippen molar-refractivity contribution in [3.8, 4) is 5.95 Å². The molecule has 0 saturated heterocycles. The van der Waals surface area contributed by atoms with E-state index in [1.54, 1.807) is 23.3 Å². The Morgan fingerprint density at radius 1 is 1.10 bits per heavy atom. The van der Waals surface area contributed by atoms with Gasteiger partial charge in [-0.15, -0.1) is 0 Å². The van der Waals surface area contributed by atoms with E-state index in [0.29, 0.717) is 17.8 Å². The molecule has 0 spiro atoms. The standard InChI is InChI=1S/C13H21N7O/c1-2-15-11-17-12(16-6-4-3-5-9-21)19-13(18-11)20-8-7-14-10-20/h7-8,10,21H,2-6,9H2,1H3,(H2,15,16,17,18,19). The lowest BCUT2D eigenvalue weighted by Gasteiger charge is -2.09. The molecule has 0 unspecified atom stereocenters. The summed E-state index contributed by atoms with van der Waals surface area (Å²) in [6.45, 7) is 3.73. The Morgan fingerprint density at radius 3 is 2.57 bits per heavy atom. The Hall–Kier alpha value is -2.22. The number of imidazole rings is 1. The van der Waals surface area contributed by atoms with E-state index in [1.807, 2.05) is 6.92 Å². The fourth-order valence-corrected chi connectivity index (χ4v) is 1.79. The van der Waals surface area contributed by atoms with Gasteiger partial charge in [-0.05, 0) is 26.2 Å². The van der Waals surface area contributed by atoms with Crippen LogP contribution in [0.15, 0.2) is 18.7 Å². The molecule has 3 N–H and O–H groups in total. The molecular weight excluding hydrogens is 270 g/mol. The van der Waals surface area contributed by atoms with Crippen LogP contribution in [0.3, 0.4) is 0 Å². The van der Waals surface area contributed by atoms with Crippen LogP contribution in [-0.2, 0) is 0 Å². The van der Waals surface area contributed by atoms with Crippen molar-refractivity contribution in [3.63, 3.8) is 0 Å². The first-order chi connectivity index (χ1) is 10.3. The van der Waals surface area contributed by atoms with Crippen LogP contribution >= 0.6 is 0 Å². The molecule has 0 radical (unpaired) electrons. The van der Waals surface area contributed by atoms with Crippen LogP contribution in [0.2, 0.25) is 0 Å². The molecule has 0 amide bonds. The van der Waals surface area contributed by atoms with Gasteiger partial charge >= 0.3 is 0 Å². The minimum absolute atomic E-state index is 0.237. The summed E-state index contributed by atoms with van der Waals surface area (Å²) in [5.74, 6) is 1.60. The molecular formula is C13H21N7O. The number of rotatable bonds is 9. The monoisotopic (exact) mass is 291 g/mol. The molecule has 0 aliphatic rings. The first kappa shape index (κ1) is 15.2. The number of nitrogens with zero attached hydrogens (tertiary/aromatic N) is 5. The number of aliphatic hydroxyl groups excluding tert-OH is 1. The van der Waals surface area contributed by atoms with Gasteiger partial charge in [-0.25, -0.2) is 4.98 Å². The smallest absolute Gasteiger partial charge is 0.241 e. The van der Waals surface area contributed by atoms with Crippen molar-refractivity contribution in [2.24, 2.45) is 0 Å². The summed E-state index contributed by atoms with van der Waals surface area (Å²) in [5.41, 5.74) is 0. The maximum absolute atomic E-state index is 8.75. The van der Waals surface area contributed by atoms with Gasteiger partial charge in [0, 0.05) is 32.1 Å². The van der Waals surface area contributed by atoms with Gasteiger partial charge in [0.05, 0.1) is 0 Å². The second-order valence-corrected chi connectivity index (χ2v) is 4.49. The van der Waals surface area contributed by atoms with Crippen LogP contribution in [0.1, 0.15) is 26.2 Å². The van der Waals surface area contributed by atoms with Crippen molar-refractivity contribution in [1.82, 2.24) is 24.5 Å². The van der Waals surface area contributed by atoms with Gasteiger partial charge < -0.3 is 15.7 Å². The second-order valence-electron chi connectivity index (χ2n) is 4.49. The van der Waals surface area contributed by atoms with E-state index in [0.717, 1.165) is 32.4 Å². The molecule has 0 bridgehead atoms. The van der Waals surface area contributed by atoms with E-state index in [2.05, 4.69) is 30.6 Å². The highest BCUT2D eigenvalue weighted by molar-refractivity contribution is 5.37. The molecule has 8 nitrogen and oxygen atoms in total. The van der Waals surface area contributed by atoms with Gasteiger partial charge in [0.25, 0.3) is 0 Å². The quantitative estimate of drug-likeness (QED) is 0.594. The summed E-state index contributed by atoms with van der Waals surface area (Å²) in [4.78, 5) is 17.0. The molecule has 2 aromatic rings. The first-order valence-corrected chi connectivity index (χ1v) is 7.16. The molecule has 114 valence electrons. The summed E-state index contributed by atoms with van der Waals surface area (Å²) in [7, 11) is 0. The Kier molecular flexibility index (Phi) is 5.89. The van der Waals surface area contributed by atoms with Crippen LogP contribution in [0.4, 0.5) is 11.9 Å². The molecule has 2 heterocycles. The minimum Gasteiger partial charge on any atom is -0.396 e. The van der Waals surface area contributed by atoms with Crippen molar-refractivity contribution >= 4 is 11.9 Å². The highest BCUT2D eigenvalue weighted by atomic mass is 16.2. The van der Waals surface area contributed by atoms with Crippen LogP contribution in [0.5, 0.6) is 0 Å². The van der Waals surface area contributed by atoms with Gasteiger partial charge in [0.15, 0.2) is 0 Å². The van der Waals surface area contributed by atoms with E-state index < -0.39 is 0 Å². The van der Waals surface area contributed by atoms with Gasteiger partial charge in [0.1, 0.15) is 6.33 Å². The fraction of sp³-hybridized carbons (Fsp3) is 0.538. The molecule has 0 saturated carbocycles. The molecule has 0 aliphatic carbocycles. The third kappa shape index (κ3) is 4.67. The topological polar surface area (TPSA) is 101 Å². The van der Waals surface area contributed by atoms with E-state index in [9.17, 15) is 0 Å². The lowest BCUT2D eigenvalue weighted by atomic mass is 10.2. The number of hydrogen-bond acceptors (Lipinski definition) is 7. The van der Waals surface area contributed by atoms with E-state index in [4.69, 9.17) is 5.11 Å². The Balaban J connectivity index is 2.05. The summed E-state index contributed by atoms with van der Waals surface area (Å²) in [5, 5.41) is 15.0. The zero-order valence-corrected chi connectivity index (χ0v) is 12.2. The molecule has 0 aromatic carbocycles. The molecule has 0 fully saturated rings. The molecule has 8 heteroatoms. The molecule has 2 aromatic heterocycles. The normalized spacial score (nSPS) is 10.6. The van der Waals surface area contributed by atoms with Crippen LogP contribution < -0.4 is 10.6 Å². The predicted molar refractivity (Wildman–Crippen MR) is 80.5 cm³/mol. The van der Waals surface area contributed by atoms with Crippen molar-refractivity contribution in [3.05, 3.63) is 18.7 Å². The van der Waals surface area contributed by atoms with Crippen molar-refractivity contribution in [1.29, 1.82) is 0 Å². The molecule has 0 aliphatic heterocycles. The van der Waals surface area contributed by atoms with E-state index in [-0.39, 0.29) is 6.61 Å². The number of hydrogen-bond donors (Lipinski definition) is 3. The third-order valence-electron chi connectivity index (χ3n) is 2.81. The third-order valence-corrected chi connectivity index (χ3v) is 2.81. The minimum atomic E-state index is 0.237. The highest BCUT2D eigenvalue weighted by Gasteiger charge is 2.07. The van der Waals surface area contributed by atoms with Crippen LogP contribution in [0.25, 0.3) is 5.95 Å². The van der Waals surface area contributed by atoms with Crippen molar-refractivity contribution in [2.45, 2.75) is 26.2 Å². The largest absolute Gasteiger partial charge is 0.396 e. The van der Waals surface area contributed by atoms with Crippen molar-refractivity contribution in [2.75, 3.05) is 30.3 Å². The van der Waals surface area contributed by atoms with Gasteiger partial charge in [0.2, 0.25) is 17.8 Å². The number of unbranched alkanes of at least 4 members (excludes halogenated alkanes) is 2. The first-order valence-electron chi connectivity index (χ1n) is 7.16. The number of aromatic nitrogens is 5. The highest BCUT2D eigenvalue weighted by Crippen LogP contribution is 2.09. The zero-order chi connectivity index (χ0) is 14.9. The fourth-order valence-electron chi connectivity index (χ4n) is 1.79. The van der Waals surface area contributed by atoms with E-state index in [1.165, 1.54) is 0 Å². The molecule has 21 heavy (non-hydrogen) atoms. The van der Waals surface area contributed by atoms with E-state index >= 15 is 0 Å². The summed E-state index contributed by atoms with van der Waals surface area (Å²) in [6.07, 6.45) is 7.87. The Labute approximate surface area is 123 Å². The second kappa shape index (κ2) is 8.15. The van der Waals surface area contributed by atoms with Gasteiger partial charge in [-0.2, -0.15) is 15.0 Å². The lowest BCUT2D eigenvalue weighted by molar-refractivity contribution is 0.283. The van der Waals surface area contributed by atoms with Gasteiger partial charge in [-0.3, -0.25) is 4.57 Å². The van der Waals surface area contributed by atoms with Crippen molar-refractivity contribution < 1.29 is 5.11 Å². The average molecular weight is 291 g/mol. The number of aliphatic hydroxyl groups is 1. The summed E-state index contributed by atoms with van der Waals surface area (Å²) >= 11 is 0. The summed E-state index contributed by atoms with van der Waals surface area (Å²) < 4.78 is 1.74. The van der Waals surface area contributed by atoms with Crippen LogP contribution in [-0.4, -0.2) is 49.3 Å². The average Bonchev–Trinajstić information content (AvgIpc) is 3.01. The Bertz CT molecular complexity index is 529. The Morgan fingerprint density at radius 2 is 1.90 bits per heavy atom.